The van der Waals surface area contributed by atoms with Crippen LogP contribution in [0.3, 0.4) is 0 Å². The molecule has 0 N–H and O–H groups in total. The standard InChI is InChI=1S/C12H12O/c1-3-9-10-7-5-6-8-12(10)13-11(9)4-2/h3-8,10,12H,1-2H2. The zero-order valence-corrected chi connectivity index (χ0v) is 7.44. The van der Waals surface area contributed by atoms with E-state index in [1.54, 1.807) is 6.08 Å². The average Bonchev–Trinajstić information content (AvgIpc) is 2.55. The van der Waals surface area contributed by atoms with Crippen molar-refractivity contribution >= 4 is 0 Å². The Morgan fingerprint density at radius 3 is 2.62 bits per heavy atom. The quantitative estimate of drug-likeness (QED) is 0.622. The highest BCUT2D eigenvalue weighted by molar-refractivity contribution is 5.40. The summed E-state index contributed by atoms with van der Waals surface area (Å²) in [5.74, 6) is 1.19. The predicted molar refractivity (Wildman–Crippen MR) is 54.1 cm³/mol. The first-order valence-corrected chi connectivity index (χ1v) is 4.37. The minimum atomic E-state index is 0.144. The number of hydrogen-bond donors (Lipinski definition) is 0. The zero-order chi connectivity index (χ0) is 9.26. The summed E-state index contributed by atoms with van der Waals surface area (Å²) in [7, 11) is 0. The van der Waals surface area contributed by atoms with Crippen LogP contribution < -0.4 is 0 Å². The summed E-state index contributed by atoms with van der Waals surface area (Å²) in [5.41, 5.74) is 1.14. The second kappa shape index (κ2) is 3.09. The minimum absolute atomic E-state index is 0.144. The highest BCUT2D eigenvalue weighted by Crippen LogP contribution is 2.35. The largest absolute Gasteiger partial charge is 0.485 e. The van der Waals surface area contributed by atoms with Gasteiger partial charge in [0.1, 0.15) is 11.9 Å². The fraction of sp³-hybridized carbons (Fsp3) is 0.167. The lowest BCUT2D eigenvalue weighted by atomic mass is 9.91. The lowest BCUT2D eigenvalue weighted by molar-refractivity contribution is 0.173. The number of ether oxygens (including phenoxy) is 1. The number of rotatable bonds is 2. The van der Waals surface area contributed by atoms with E-state index in [1.165, 1.54) is 0 Å². The first kappa shape index (κ1) is 8.11. The van der Waals surface area contributed by atoms with E-state index >= 15 is 0 Å². The Morgan fingerprint density at radius 1 is 1.15 bits per heavy atom. The molecule has 66 valence electrons. The molecule has 0 aromatic heterocycles. The van der Waals surface area contributed by atoms with E-state index in [1.807, 2.05) is 18.2 Å². The van der Waals surface area contributed by atoms with Crippen LogP contribution in [-0.4, -0.2) is 6.10 Å². The van der Waals surface area contributed by atoms with Gasteiger partial charge in [-0.3, -0.25) is 0 Å². The van der Waals surface area contributed by atoms with Crippen LogP contribution in [0.5, 0.6) is 0 Å². The molecule has 1 heteroatoms. The van der Waals surface area contributed by atoms with Gasteiger partial charge in [-0.1, -0.05) is 37.5 Å². The fourth-order valence-corrected chi connectivity index (χ4v) is 1.76. The maximum absolute atomic E-state index is 5.67. The van der Waals surface area contributed by atoms with Gasteiger partial charge in [0, 0.05) is 11.5 Å². The summed E-state index contributed by atoms with van der Waals surface area (Å²) in [4.78, 5) is 0. The van der Waals surface area contributed by atoms with E-state index in [2.05, 4.69) is 25.3 Å². The number of fused-ring (bicyclic) bond motifs is 1. The van der Waals surface area contributed by atoms with Crippen LogP contribution in [0.15, 0.2) is 60.9 Å². The van der Waals surface area contributed by atoms with Crippen LogP contribution in [0, 0.1) is 5.92 Å². The molecule has 0 spiro atoms. The van der Waals surface area contributed by atoms with Gasteiger partial charge in [-0.05, 0) is 12.2 Å². The van der Waals surface area contributed by atoms with Crippen molar-refractivity contribution in [3.05, 3.63) is 60.9 Å². The first-order chi connectivity index (χ1) is 6.36. The molecule has 0 bridgehead atoms. The topological polar surface area (TPSA) is 9.23 Å². The predicted octanol–water partition coefficient (Wildman–Crippen LogP) is 2.75. The van der Waals surface area contributed by atoms with Gasteiger partial charge in [0.2, 0.25) is 0 Å². The van der Waals surface area contributed by atoms with Crippen LogP contribution in [0.1, 0.15) is 0 Å². The van der Waals surface area contributed by atoms with Crippen molar-refractivity contribution in [3.8, 4) is 0 Å². The molecule has 1 aliphatic carbocycles. The molecule has 1 heterocycles. The maximum Gasteiger partial charge on any atom is 0.128 e. The highest BCUT2D eigenvalue weighted by atomic mass is 16.5. The molecule has 2 unspecified atom stereocenters. The normalized spacial score (nSPS) is 29.8. The smallest absolute Gasteiger partial charge is 0.128 e. The third kappa shape index (κ3) is 1.17. The molecule has 0 fully saturated rings. The molecular formula is C12H12O. The van der Waals surface area contributed by atoms with Crippen molar-refractivity contribution in [2.24, 2.45) is 5.92 Å². The third-order valence-corrected chi connectivity index (χ3v) is 2.40. The Hall–Kier alpha value is -1.50. The van der Waals surface area contributed by atoms with E-state index in [4.69, 9.17) is 4.74 Å². The molecule has 2 rings (SSSR count). The SMILES string of the molecule is C=CC1=C(C=C)C2C=CC=CC2O1. The lowest BCUT2D eigenvalue weighted by Crippen LogP contribution is -2.15. The monoisotopic (exact) mass is 172 g/mol. The van der Waals surface area contributed by atoms with E-state index in [0.29, 0.717) is 5.92 Å². The molecule has 13 heavy (non-hydrogen) atoms. The van der Waals surface area contributed by atoms with E-state index in [-0.39, 0.29) is 6.10 Å². The van der Waals surface area contributed by atoms with Gasteiger partial charge >= 0.3 is 0 Å². The Kier molecular flexibility index (Phi) is 1.93. The van der Waals surface area contributed by atoms with Crippen molar-refractivity contribution in [3.63, 3.8) is 0 Å². The highest BCUT2D eigenvalue weighted by Gasteiger charge is 2.31. The summed E-state index contributed by atoms with van der Waals surface area (Å²) in [5, 5.41) is 0. The van der Waals surface area contributed by atoms with Gasteiger partial charge in [-0.15, -0.1) is 0 Å². The molecule has 0 aromatic rings. The van der Waals surface area contributed by atoms with Crippen LogP contribution >= 0.6 is 0 Å². The fourth-order valence-electron chi connectivity index (χ4n) is 1.76. The zero-order valence-electron chi connectivity index (χ0n) is 7.44. The molecule has 2 atom stereocenters. The number of allylic oxidation sites excluding steroid dienone is 4. The molecule has 0 amide bonds. The van der Waals surface area contributed by atoms with Gasteiger partial charge in [0.05, 0.1) is 0 Å². The number of hydrogen-bond acceptors (Lipinski definition) is 1. The molecule has 0 saturated carbocycles. The lowest BCUT2D eigenvalue weighted by Gasteiger charge is -2.15. The average molecular weight is 172 g/mol. The molecule has 0 saturated heterocycles. The second-order valence-electron chi connectivity index (χ2n) is 3.11. The molecular weight excluding hydrogens is 160 g/mol. The van der Waals surface area contributed by atoms with Crippen molar-refractivity contribution < 1.29 is 4.74 Å². The summed E-state index contributed by atoms with van der Waals surface area (Å²) < 4.78 is 5.67. The Balaban J connectivity index is 2.38. The van der Waals surface area contributed by atoms with E-state index in [9.17, 15) is 0 Å². The third-order valence-electron chi connectivity index (χ3n) is 2.40. The summed E-state index contributed by atoms with van der Waals surface area (Å²) in [6.07, 6.45) is 12.0. The molecule has 1 aliphatic heterocycles. The maximum atomic E-state index is 5.67. The van der Waals surface area contributed by atoms with Crippen molar-refractivity contribution in [2.75, 3.05) is 0 Å². The summed E-state index contributed by atoms with van der Waals surface area (Å²) >= 11 is 0. The van der Waals surface area contributed by atoms with Gasteiger partial charge in [-0.25, -0.2) is 0 Å². The Labute approximate surface area is 78.4 Å². The first-order valence-electron chi connectivity index (χ1n) is 4.37. The van der Waals surface area contributed by atoms with Crippen LogP contribution in [0.25, 0.3) is 0 Å². The van der Waals surface area contributed by atoms with Crippen LogP contribution in [0.4, 0.5) is 0 Å². The van der Waals surface area contributed by atoms with E-state index < -0.39 is 0 Å². The van der Waals surface area contributed by atoms with Gasteiger partial charge in [0.25, 0.3) is 0 Å². The summed E-state index contributed by atoms with van der Waals surface area (Å²) in [6, 6.07) is 0. The van der Waals surface area contributed by atoms with Crippen molar-refractivity contribution in [1.82, 2.24) is 0 Å². The molecule has 1 nitrogen and oxygen atoms in total. The van der Waals surface area contributed by atoms with Gasteiger partial charge in [0.15, 0.2) is 0 Å². The molecule has 0 aromatic carbocycles. The Bertz CT molecular complexity index is 331. The minimum Gasteiger partial charge on any atom is -0.485 e. The van der Waals surface area contributed by atoms with E-state index in [0.717, 1.165) is 11.3 Å². The van der Waals surface area contributed by atoms with Gasteiger partial charge < -0.3 is 4.74 Å². The van der Waals surface area contributed by atoms with Gasteiger partial charge in [-0.2, -0.15) is 0 Å². The second-order valence-corrected chi connectivity index (χ2v) is 3.11. The molecule has 0 radical (unpaired) electrons. The molecule has 2 aliphatic rings. The van der Waals surface area contributed by atoms with Crippen LogP contribution in [-0.2, 0) is 4.74 Å². The van der Waals surface area contributed by atoms with Crippen LogP contribution in [0.2, 0.25) is 0 Å². The Morgan fingerprint density at radius 2 is 1.92 bits per heavy atom. The van der Waals surface area contributed by atoms with Crippen molar-refractivity contribution in [2.45, 2.75) is 6.10 Å². The summed E-state index contributed by atoms with van der Waals surface area (Å²) in [6.45, 7) is 7.51. The van der Waals surface area contributed by atoms with Crippen molar-refractivity contribution in [1.29, 1.82) is 0 Å².